The van der Waals surface area contributed by atoms with Crippen LogP contribution in [0.4, 0.5) is 8.78 Å². The minimum atomic E-state index is -3.24. The van der Waals surface area contributed by atoms with Crippen LogP contribution in [0.2, 0.25) is 0 Å². The number of piperazine rings is 2. The van der Waals surface area contributed by atoms with Crippen LogP contribution in [0.1, 0.15) is 30.1 Å². The minimum absolute atomic E-state index is 0.0137. The number of aromatic nitrogens is 1. The standard InChI is InChI=1S/C40H37F2N5O13/c1-44-18-20-45(21-19-44)30(25-5-7-26(41)8-6-25)23-46-24-38(54-32(48)11-12-33(49)55-38)47(17-3-2-4-29-28-10-9-27(42)22-31(28)60-43-29)40(58-36(52)15-16-37(53)59-40)39(46)56-34(50)13-14-35(51)57-39/h5-16,22,30H,2-4,17-21,23-24H2,1H3. The molecule has 0 bridgehead atoms. The zero-order chi connectivity index (χ0) is 42.2. The molecular weight excluding hydrogens is 796 g/mol. The maximum Gasteiger partial charge on any atom is 0.426 e. The average Bonchev–Trinajstić information content (AvgIpc) is 3.33. The van der Waals surface area contributed by atoms with E-state index in [0.29, 0.717) is 55.0 Å². The topological polar surface area (TPSA) is 197 Å². The number of hydrogen-bond acceptors (Lipinski definition) is 18. The monoisotopic (exact) mass is 833 g/mol. The number of unbranched alkanes of at least 4 members (excludes halogenated alkanes) is 1. The molecular formula is C40H37F2N5O13. The molecule has 0 radical (unpaired) electrons. The summed E-state index contributed by atoms with van der Waals surface area (Å²) in [5, 5.41) is 4.59. The van der Waals surface area contributed by atoms with Crippen molar-refractivity contribution in [2.75, 3.05) is 52.9 Å². The van der Waals surface area contributed by atoms with Gasteiger partial charge in [0, 0.05) is 93.2 Å². The van der Waals surface area contributed by atoms with Gasteiger partial charge in [-0.3, -0.25) is 4.90 Å². The Morgan fingerprint density at radius 1 is 0.667 bits per heavy atom. The van der Waals surface area contributed by atoms with Crippen molar-refractivity contribution in [3.8, 4) is 0 Å². The molecule has 1 aromatic heterocycles. The molecule has 0 aliphatic carbocycles. The van der Waals surface area contributed by atoms with Crippen molar-refractivity contribution >= 4 is 46.8 Å². The number of rotatable bonds is 9. The third kappa shape index (κ3) is 7.65. The maximum absolute atomic E-state index is 14.4. The second-order valence-corrected chi connectivity index (χ2v) is 14.6. The number of aryl methyl sites for hydroxylation is 1. The van der Waals surface area contributed by atoms with Crippen LogP contribution < -0.4 is 0 Å². The molecule has 2 fully saturated rings. The molecule has 314 valence electrons. The highest BCUT2D eigenvalue weighted by Crippen LogP contribution is 2.51. The van der Waals surface area contributed by atoms with Crippen LogP contribution in [0, 0.1) is 11.6 Å². The van der Waals surface area contributed by atoms with Crippen molar-refractivity contribution in [1.82, 2.24) is 24.8 Å². The summed E-state index contributed by atoms with van der Waals surface area (Å²) in [6.45, 7) is 0.493. The van der Waals surface area contributed by atoms with Crippen LogP contribution in [-0.4, -0.2) is 131 Å². The first kappa shape index (κ1) is 40.4. The molecule has 3 spiro atoms. The second-order valence-electron chi connectivity index (χ2n) is 14.6. The Morgan fingerprint density at radius 3 is 1.78 bits per heavy atom. The van der Waals surface area contributed by atoms with E-state index in [2.05, 4.69) is 10.1 Å². The normalized spacial score (nSPS) is 22.4. The molecule has 3 aromatic rings. The highest BCUT2D eigenvalue weighted by Gasteiger charge is 2.81. The Morgan fingerprint density at radius 2 is 1.20 bits per heavy atom. The van der Waals surface area contributed by atoms with Gasteiger partial charge in [-0.05, 0) is 56.1 Å². The highest BCUT2D eigenvalue weighted by molar-refractivity contribution is 5.96. The van der Waals surface area contributed by atoms with Gasteiger partial charge in [0.15, 0.2) is 5.58 Å². The summed E-state index contributed by atoms with van der Waals surface area (Å²) in [7, 11) is 1.93. The summed E-state index contributed by atoms with van der Waals surface area (Å²) < 4.78 is 69.3. The van der Waals surface area contributed by atoms with E-state index >= 15 is 0 Å². The number of nitrogens with zero attached hydrogens (tertiary/aromatic N) is 5. The van der Waals surface area contributed by atoms with E-state index in [-0.39, 0.29) is 31.4 Å². The lowest BCUT2D eigenvalue weighted by atomic mass is 10.00. The number of carbonyl (C=O) groups excluding carboxylic acids is 6. The predicted octanol–water partition coefficient (Wildman–Crippen LogP) is 1.96. The number of fused-ring (bicyclic) bond motifs is 2. The van der Waals surface area contributed by atoms with Crippen molar-refractivity contribution in [3.05, 3.63) is 102 Å². The number of esters is 6. The fourth-order valence-electron chi connectivity index (χ4n) is 7.90. The van der Waals surface area contributed by atoms with E-state index in [0.717, 1.165) is 34.1 Å². The van der Waals surface area contributed by atoms with Crippen molar-refractivity contribution < 1.29 is 70.5 Å². The molecule has 2 aromatic carbocycles. The van der Waals surface area contributed by atoms with E-state index < -0.39 is 84.3 Å². The summed E-state index contributed by atoms with van der Waals surface area (Å²) in [5.74, 6) is -17.2. The van der Waals surface area contributed by atoms with E-state index in [1.54, 1.807) is 0 Å². The Kier molecular flexibility index (Phi) is 10.8. The van der Waals surface area contributed by atoms with Gasteiger partial charge < -0.3 is 37.8 Å². The molecule has 6 heterocycles. The van der Waals surface area contributed by atoms with Gasteiger partial charge in [0.05, 0.1) is 5.69 Å². The number of likely N-dealkylation sites (N-methyl/N-ethyl adjacent to an activating group) is 1. The van der Waals surface area contributed by atoms with E-state index in [1.165, 1.54) is 42.5 Å². The van der Waals surface area contributed by atoms with Crippen molar-refractivity contribution in [2.45, 2.75) is 43.0 Å². The maximum atomic E-state index is 14.4. The number of carbonyl (C=O) groups is 6. The van der Waals surface area contributed by atoms with Gasteiger partial charge >= 0.3 is 53.5 Å². The largest absolute Gasteiger partial charge is 0.426 e. The Labute approximate surface area is 339 Å². The van der Waals surface area contributed by atoms with Gasteiger partial charge in [-0.2, -0.15) is 0 Å². The molecule has 5 aliphatic rings. The Bertz CT molecular complexity index is 2260. The number of benzene rings is 2. The quantitative estimate of drug-likeness (QED) is 0.172. The van der Waals surface area contributed by atoms with Crippen molar-refractivity contribution in [3.63, 3.8) is 0 Å². The van der Waals surface area contributed by atoms with E-state index in [4.69, 9.17) is 32.9 Å². The molecule has 5 aliphatic heterocycles. The van der Waals surface area contributed by atoms with Gasteiger partial charge in [0.2, 0.25) is 0 Å². The molecule has 0 amide bonds. The van der Waals surface area contributed by atoms with Crippen LogP contribution in [0.3, 0.4) is 0 Å². The molecule has 20 heteroatoms. The zero-order valence-electron chi connectivity index (χ0n) is 32.0. The molecule has 18 nitrogen and oxygen atoms in total. The summed E-state index contributed by atoms with van der Waals surface area (Å²) in [6, 6.07) is 8.69. The van der Waals surface area contributed by atoms with Crippen LogP contribution >= 0.6 is 0 Å². The minimum Gasteiger partial charge on any atom is -0.403 e. The molecule has 0 saturated carbocycles. The molecule has 1 unspecified atom stereocenters. The van der Waals surface area contributed by atoms with Gasteiger partial charge in [0.1, 0.15) is 18.2 Å². The number of halogens is 2. The van der Waals surface area contributed by atoms with Crippen molar-refractivity contribution in [2.24, 2.45) is 0 Å². The van der Waals surface area contributed by atoms with E-state index in [1.807, 2.05) is 11.9 Å². The molecule has 0 N–H and O–H groups in total. The summed E-state index contributed by atoms with van der Waals surface area (Å²) >= 11 is 0. The van der Waals surface area contributed by atoms with Gasteiger partial charge in [0.25, 0.3) is 0 Å². The third-order valence-corrected chi connectivity index (χ3v) is 10.7. The summed E-state index contributed by atoms with van der Waals surface area (Å²) in [5.41, 5.74) is 1.19. The van der Waals surface area contributed by atoms with Crippen LogP contribution in [-0.2, 0) is 63.6 Å². The summed E-state index contributed by atoms with van der Waals surface area (Å²) in [6.07, 6.45) is 4.95. The average molecular weight is 834 g/mol. The van der Waals surface area contributed by atoms with Gasteiger partial charge in [-0.1, -0.05) is 17.3 Å². The van der Waals surface area contributed by atoms with Crippen molar-refractivity contribution in [1.29, 1.82) is 0 Å². The lowest BCUT2D eigenvalue weighted by Gasteiger charge is -2.60. The Balaban J connectivity index is 1.28. The smallest absolute Gasteiger partial charge is 0.403 e. The SMILES string of the molecule is CN1CCN(C(CN2CC3(OC(=O)C=CC(=O)O3)N(CCCCc3noc4cc(F)ccc34)C3(OC(=O)C=CC(=O)O3)C23OC(=O)C=CC(=O)O3)c2ccc(F)cc2)CC1. The second kappa shape index (κ2) is 16.0. The molecule has 1 atom stereocenters. The van der Waals surface area contributed by atoms with Crippen LogP contribution in [0.15, 0.2) is 83.4 Å². The first-order chi connectivity index (χ1) is 28.8. The van der Waals surface area contributed by atoms with E-state index in [9.17, 15) is 37.5 Å². The first-order valence-electron chi connectivity index (χ1n) is 18.9. The first-order valence-corrected chi connectivity index (χ1v) is 18.9. The number of hydrogen-bond donors (Lipinski definition) is 0. The van der Waals surface area contributed by atoms with Gasteiger partial charge in [-0.15, -0.1) is 4.90 Å². The van der Waals surface area contributed by atoms with Crippen LogP contribution in [0.25, 0.3) is 11.0 Å². The molecule has 8 rings (SSSR count). The molecule has 2 saturated heterocycles. The van der Waals surface area contributed by atoms with Gasteiger partial charge in [-0.25, -0.2) is 42.4 Å². The fourth-order valence-corrected chi connectivity index (χ4v) is 7.90. The molecule has 60 heavy (non-hydrogen) atoms. The Hall–Kier alpha value is -6.35. The lowest BCUT2D eigenvalue weighted by Crippen LogP contribution is -2.87. The summed E-state index contributed by atoms with van der Waals surface area (Å²) in [4.78, 5) is 87.7. The predicted molar refractivity (Wildman–Crippen MR) is 196 cm³/mol. The highest BCUT2D eigenvalue weighted by atomic mass is 19.1. The third-order valence-electron chi connectivity index (χ3n) is 10.7. The zero-order valence-corrected chi connectivity index (χ0v) is 32.0. The lowest BCUT2D eigenvalue weighted by molar-refractivity contribution is -0.516. The fraction of sp³-hybridized carbons (Fsp3) is 0.375. The van der Waals surface area contributed by atoms with Crippen LogP contribution in [0.5, 0.6) is 0 Å². The number of ether oxygens (including phenoxy) is 6.